The number of anilines is 1. The molecular weight excluding hydrogens is 469 g/mol. The molecule has 0 radical (unpaired) electrons. The number of fused-ring (bicyclic) bond motifs is 1. The van der Waals surface area contributed by atoms with Crippen LogP contribution in [-0.4, -0.2) is 33.4 Å². The molecule has 0 aliphatic heterocycles. The highest BCUT2D eigenvalue weighted by Gasteiger charge is 2.34. The number of rotatable bonds is 10. The number of halogens is 1. The van der Waals surface area contributed by atoms with Crippen LogP contribution in [0.2, 0.25) is 0 Å². The van der Waals surface area contributed by atoms with Crippen molar-refractivity contribution in [2.75, 3.05) is 11.4 Å². The average molecular weight is 502 g/mol. The first-order valence-corrected chi connectivity index (χ1v) is 12.6. The summed E-state index contributed by atoms with van der Waals surface area (Å²) in [7, 11) is 0. The molecule has 0 unspecified atom stereocenters. The van der Waals surface area contributed by atoms with Crippen LogP contribution < -0.4 is 10.2 Å². The first-order valence-electron chi connectivity index (χ1n) is 12.6. The number of carbonyl (C=O) groups is 2. The number of hydrogen-bond donors (Lipinski definition) is 1. The van der Waals surface area contributed by atoms with Gasteiger partial charge < -0.3 is 5.32 Å². The van der Waals surface area contributed by atoms with Crippen molar-refractivity contribution >= 4 is 28.5 Å². The molecule has 1 aromatic heterocycles. The molecule has 37 heavy (non-hydrogen) atoms. The Labute approximate surface area is 216 Å². The SMILES string of the molecule is CCc1ccccc1N(C(=O)Cn1nnc2ccccc21)[C@H](C(=O)NCCC(C)C)c1ccc(F)cc1. The molecule has 4 rings (SSSR count). The maximum Gasteiger partial charge on any atom is 0.249 e. The first kappa shape index (κ1) is 26.0. The lowest BCUT2D eigenvalue weighted by Gasteiger charge is -2.33. The van der Waals surface area contributed by atoms with Gasteiger partial charge in [0, 0.05) is 12.2 Å². The van der Waals surface area contributed by atoms with Crippen LogP contribution in [0.15, 0.2) is 72.8 Å². The van der Waals surface area contributed by atoms with E-state index in [9.17, 15) is 14.0 Å². The van der Waals surface area contributed by atoms with E-state index in [0.717, 1.165) is 17.5 Å². The highest BCUT2D eigenvalue weighted by atomic mass is 19.1. The highest BCUT2D eigenvalue weighted by Crippen LogP contribution is 2.32. The molecule has 1 atom stereocenters. The van der Waals surface area contributed by atoms with E-state index in [2.05, 4.69) is 29.5 Å². The van der Waals surface area contributed by atoms with Gasteiger partial charge in [0.2, 0.25) is 11.8 Å². The lowest BCUT2D eigenvalue weighted by atomic mass is 10.0. The summed E-state index contributed by atoms with van der Waals surface area (Å²) in [4.78, 5) is 29.3. The normalized spacial score (nSPS) is 12.0. The number of carbonyl (C=O) groups excluding carboxylic acids is 2. The fourth-order valence-electron chi connectivity index (χ4n) is 4.34. The lowest BCUT2D eigenvalue weighted by molar-refractivity contribution is -0.127. The molecule has 7 nitrogen and oxygen atoms in total. The van der Waals surface area contributed by atoms with E-state index in [4.69, 9.17) is 0 Å². The third kappa shape index (κ3) is 6.02. The predicted molar refractivity (Wildman–Crippen MR) is 142 cm³/mol. The zero-order chi connectivity index (χ0) is 26.4. The van der Waals surface area contributed by atoms with Crippen LogP contribution in [0.5, 0.6) is 0 Å². The van der Waals surface area contributed by atoms with E-state index in [0.29, 0.717) is 35.7 Å². The van der Waals surface area contributed by atoms with Crippen LogP contribution in [0, 0.1) is 11.7 Å². The fraction of sp³-hybridized carbons (Fsp3) is 0.310. The monoisotopic (exact) mass is 501 g/mol. The summed E-state index contributed by atoms with van der Waals surface area (Å²) >= 11 is 0. The fourth-order valence-corrected chi connectivity index (χ4v) is 4.34. The summed E-state index contributed by atoms with van der Waals surface area (Å²) in [5, 5.41) is 11.3. The predicted octanol–water partition coefficient (Wildman–Crippen LogP) is 5.07. The minimum atomic E-state index is -0.997. The Balaban J connectivity index is 1.79. The van der Waals surface area contributed by atoms with E-state index < -0.39 is 11.9 Å². The largest absolute Gasteiger partial charge is 0.354 e. The van der Waals surface area contributed by atoms with Gasteiger partial charge >= 0.3 is 0 Å². The minimum absolute atomic E-state index is 0.116. The molecule has 0 saturated carbocycles. The summed E-state index contributed by atoms with van der Waals surface area (Å²) in [6, 6.07) is 19.7. The average Bonchev–Trinajstić information content (AvgIpc) is 3.30. The molecule has 4 aromatic rings. The van der Waals surface area contributed by atoms with Crippen LogP contribution >= 0.6 is 0 Å². The number of aromatic nitrogens is 3. The Kier molecular flexibility index (Phi) is 8.28. The molecule has 0 aliphatic rings. The van der Waals surface area contributed by atoms with Gasteiger partial charge in [-0.25, -0.2) is 9.07 Å². The Morgan fingerprint density at radius 2 is 1.70 bits per heavy atom. The topological polar surface area (TPSA) is 80.1 Å². The maximum atomic E-state index is 14.1. The van der Waals surface area contributed by atoms with Gasteiger partial charge in [-0.15, -0.1) is 5.10 Å². The zero-order valence-electron chi connectivity index (χ0n) is 21.4. The summed E-state index contributed by atoms with van der Waals surface area (Å²) in [6.07, 6.45) is 1.46. The second-order valence-electron chi connectivity index (χ2n) is 9.41. The Hall–Kier alpha value is -4.07. The maximum absolute atomic E-state index is 14.1. The molecule has 3 aromatic carbocycles. The molecule has 192 valence electrons. The number of hydrogen-bond acceptors (Lipinski definition) is 4. The number of benzene rings is 3. The van der Waals surface area contributed by atoms with Crippen molar-refractivity contribution in [3.8, 4) is 0 Å². The lowest BCUT2D eigenvalue weighted by Crippen LogP contribution is -2.46. The zero-order valence-corrected chi connectivity index (χ0v) is 21.4. The molecule has 1 N–H and O–H groups in total. The second kappa shape index (κ2) is 11.8. The molecular formula is C29H32FN5O2. The van der Waals surface area contributed by atoms with Crippen LogP contribution in [0.3, 0.4) is 0 Å². The van der Waals surface area contributed by atoms with Crippen LogP contribution in [0.25, 0.3) is 11.0 Å². The Morgan fingerprint density at radius 3 is 2.43 bits per heavy atom. The van der Waals surface area contributed by atoms with Crippen molar-refractivity contribution < 1.29 is 14.0 Å². The summed E-state index contributed by atoms with van der Waals surface area (Å²) < 4.78 is 15.4. The van der Waals surface area contributed by atoms with E-state index in [1.807, 2.05) is 55.5 Å². The van der Waals surface area contributed by atoms with Crippen LogP contribution in [-0.2, 0) is 22.6 Å². The van der Waals surface area contributed by atoms with Crippen molar-refractivity contribution in [2.45, 2.75) is 46.2 Å². The molecule has 0 aliphatic carbocycles. The minimum Gasteiger partial charge on any atom is -0.354 e. The van der Waals surface area contributed by atoms with Gasteiger partial charge in [-0.3, -0.25) is 14.5 Å². The van der Waals surface area contributed by atoms with E-state index in [-0.39, 0.29) is 18.4 Å². The Morgan fingerprint density at radius 1 is 1.00 bits per heavy atom. The van der Waals surface area contributed by atoms with Gasteiger partial charge in [-0.1, -0.05) is 68.4 Å². The van der Waals surface area contributed by atoms with Gasteiger partial charge in [0.1, 0.15) is 23.9 Å². The third-order valence-electron chi connectivity index (χ3n) is 6.32. The molecule has 8 heteroatoms. The van der Waals surface area contributed by atoms with Gasteiger partial charge in [0.15, 0.2) is 0 Å². The van der Waals surface area contributed by atoms with Crippen molar-refractivity contribution in [3.05, 3.63) is 89.7 Å². The third-order valence-corrected chi connectivity index (χ3v) is 6.32. The number of aryl methyl sites for hydroxylation is 1. The van der Waals surface area contributed by atoms with Crippen molar-refractivity contribution in [3.63, 3.8) is 0 Å². The number of nitrogens with one attached hydrogen (secondary N) is 1. The Bertz CT molecular complexity index is 1370. The van der Waals surface area contributed by atoms with Gasteiger partial charge in [-0.05, 0) is 60.2 Å². The van der Waals surface area contributed by atoms with E-state index in [1.165, 1.54) is 21.7 Å². The number of para-hydroxylation sites is 2. The standard InChI is InChI=1S/C29H32FN5O2/c1-4-21-9-5-7-11-25(21)35(27(36)19-34-26-12-8-6-10-24(26)32-33-34)28(22-13-15-23(30)16-14-22)29(37)31-18-17-20(2)3/h5-16,20,28H,4,17-19H2,1-3H3,(H,31,37)/t28-/m0/s1. The second-order valence-corrected chi connectivity index (χ2v) is 9.41. The van der Waals surface area contributed by atoms with Gasteiger partial charge in [0.05, 0.1) is 5.52 Å². The van der Waals surface area contributed by atoms with Crippen LogP contribution in [0.4, 0.5) is 10.1 Å². The van der Waals surface area contributed by atoms with E-state index >= 15 is 0 Å². The smallest absolute Gasteiger partial charge is 0.249 e. The molecule has 0 bridgehead atoms. The molecule has 0 saturated heterocycles. The summed E-state index contributed by atoms with van der Waals surface area (Å²) in [6.45, 7) is 6.52. The summed E-state index contributed by atoms with van der Waals surface area (Å²) in [5.41, 5.74) is 3.47. The van der Waals surface area contributed by atoms with Gasteiger partial charge in [-0.2, -0.15) is 0 Å². The molecule has 0 fully saturated rings. The van der Waals surface area contributed by atoms with Gasteiger partial charge in [0.25, 0.3) is 0 Å². The first-order chi connectivity index (χ1) is 17.9. The van der Waals surface area contributed by atoms with Crippen LogP contribution in [0.1, 0.15) is 44.4 Å². The molecule has 2 amide bonds. The van der Waals surface area contributed by atoms with Crippen molar-refractivity contribution in [1.29, 1.82) is 0 Å². The molecule has 1 heterocycles. The van der Waals surface area contributed by atoms with Crippen molar-refractivity contribution in [2.24, 2.45) is 5.92 Å². The quantitative estimate of drug-likeness (QED) is 0.329. The highest BCUT2D eigenvalue weighted by molar-refractivity contribution is 6.02. The van der Waals surface area contributed by atoms with E-state index in [1.54, 1.807) is 12.1 Å². The number of nitrogens with zero attached hydrogens (tertiary/aromatic N) is 4. The summed E-state index contributed by atoms with van der Waals surface area (Å²) in [5.74, 6) is -0.660. The number of amides is 2. The molecule has 0 spiro atoms. The van der Waals surface area contributed by atoms with Crippen molar-refractivity contribution in [1.82, 2.24) is 20.3 Å².